The summed E-state index contributed by atoms with van der Waals surface area (Å²) in [7, 11) is 0. The zero-order valence-electron chi connectivity index (χ0n) is 15.6. The zero-order chi connectivity index (χ0) is 19.8. The van der Waals surface area contributed by atoms with Crippen molar-refractivity contribution in [3.05, 3.63) is 80.7 Å². The van der Waals surface area contributed by atoms with Crippen molar-refractivity contribution in [2.75, 3.05) is 0 Å². The number of nitrogens with zero attached hydrogens (tertiary/aromatic N) is 2. The normalized spacial score (nSPS) is 11.0. The van der Waals surface area contributed by atoms with Crippen LogP contribution in [0.25, 0.3) is 22.3 Å². The van der Waals surface area contributed by atoms with Crippen molar-refractivity contribution in [2.45, 2.75) is 20.8 Å². The first-order valence-electron chi connectivity index (χ1n) is 8.74. The number of hydrogen-bond donors (Lipinski definition) is 0. The standard InChI is InChI=1S/C22H17ClN2O3/c1-12-4-9-18-17(10-12)19(26)21(28-22-24-13(2)11-14(3)25-22)20(27-18)15-5-7-16(23)8-6-15/h4-11H,1-3H3. The molecule has 2 aromatic heterocycles. The third-order valence-corrected chi connectivity index (χ3v) is 4.52. The summed E-state index contributed by atoms with van der Waals surface area (Å²) in [6, 6.07) is 14.4. The molecule has 4 rings (SSSR count). The van der Waals surface area contributed by atoms with Crippen LogP contribution < -0.4 is 10.2 Å². The fourth-order valence-corrected chi connectivity index (χ4v) is 3.13. The lowest BCUT2D eigenvalue weighted by atomic mass is 10.1. The van der Waals surface area contributed by atoms with E-state index in [-0.39, 0.29) is 17.2 Å². The van der Waals surface area contributed by atoms with Crippen molar-refractivity contribution in [3.63, 3.8) is 0 Å². The Morgan fingerprint density at radius 1 is 0.929 bits per heavy atom. The maximum absolute atomic E-state index is 13.2. The predicted molar refractivity (Wildman–Crippen MR) is 109 cm³/mol. The summed E-state index contributed by atoms with van der Waals surface area (Å²) < 4.78 is 11.9. The molecule has 2 heterocycles. The smallest absolute Gasteiger partial charge is 0.322 e. The van der Waals surface area contributed by atoms with Crippen LogP contribution in [-0.4, -0.2) is 9.97 Å². The van der Waals surface area contributed by atoms with E-state index in [4.69, 9.17) is 20.8 Å². The second-order valence-electron chi connectivity index (χ2n) is 6.63. The summed E-state index contributed by atoms with van der Waals surface area (Å²) in [5.41, 5.74) is 3.32. The van der Waals surface area contributed by atoms with E-state index >= 15 is 0 Å². The first-order valence-corrected chi connectivity index (χ1v) is 9.12. The van der Waals surface area contributed by atoms with E-state index < -0.39 is 0 Å². The molecule has 0 amide bonds. The number of aryl methyl sites for hydroxylation is 3. The van der Waals surface area contributed by atoms with Crippen LogP contribution >= 0.6 is 11.6 Å². The monoisotopic (exact) mass is 392 g/mol. The van der Waals surface area contributed by atoms with Gasteiger partial charge in [-0.2, -0.15) is 0 Å². The Hall–Kier alpha value is -3.18. The number of ether oxygens (including phenoxy) is 1. The predicted octanol–water partition coefficient (Wildman–Crippen LogP) is 5.62. The van der Waals surface area contributed by atoms with Gasteiger partial charge in [0.05, 0.1) is 5.39 Å². The van der Waals surface area contributed by atoms with Crippen LogP contribution in [0.2, 0.25) is 5.02 Å². The van der Waals surface area contributed by atoms with Gasteiger partial charge in [-0.05, 0) is 63.2 Å². The van der Waals surface area contributed by atoms with Crippen LogP contribution in [0.5, 0.6) is 11.8 Å². The quantitative estimate of drug-likeness (QED) is 0.452. The van der Waals surface area contributed by atoms with E-state index in [1.54, 1.807) is 36.4 Å². The van der Waals surface area contributed by atoms with Gasteiger partial charge in [-0.1, -0.05) is 23.2 Å². The van der Waals surface area contributed by atoms with Crippen LogP contribution in [0, 0.1) is 20.8 Å². The molecule has 0 fully saturated rings. The Morgan fingerprint density at radius 2 is 1.61 bits per heavy atom. The maximum atomic E-state index is 13.2. The van der Waals surface area contributed by atoms with E-state index in [2.05, 4.69) is 9.97 Å². The second-order valence-corrected chi connectivity index (χ2v) is 7.07. The SMILES string of the molecule is Cc1ccc2oc(-c3ccc(Cl)cc3)c(Oc3nc(C)cc(C)n3)c(=O)c2c1. The second kappa shape index (κ2) is 7.09. The molecule has 0 aliphatic carbocycles. The molecule has 5 nitrogen and oxygen atoms in total. The van der Waals surface area contributed by atoms with Gasteiger partial charge in [0, 0.05) is 22.0 Å². The molecule has 4 aromatic rings. The summed E-state index contributed by atoms with van der Waals surface area (Å²) >= 11 is 6.00. The van der Waals surface area contributed by atoms with Gasteiger partial charge < -0.3 is 9.15 Å². The first kappa shape index (κ1) is 18.2. The van der Waals surface area contributed by atoms with Crippen molar-refractivity contribution in [1.82, 2.24) is 9.97 Å². The van der Waals surface area contributed by atoms with Crippen molar-refractivity contribution in [1.29, 1.82) is 0 Å². The molecular formula is C22H17ClN2O3. The summed E-state index contributed by atoms with van der Waals surface area (Å²) in [6.07, 6.45) is 0. The minimum Gasteiger partial charge on any atom is -0.452 e. The molecule has 0 unspecified atom stereocenters. The highest BCUT2D eigenvalue weighted by Crippen LogP contribution is 2.33. The van der Waals surface area contributed by atoms with Crippen molar-refractivity contribution in [3.8, 4) is 23.1 Å². The van der Waals surface area contributed by atoms with Gasteiger partial charge in [0.15, 0.2) is 5.76 Å². The lowest BCUT2D eigenvalue weighted by Gasteiger charge is -2.11. The molecule has 0 saturated carbocycles. The Bertz CT molecular complexity index is 1230. The molecule has 0 atom stereocenters. The molecule has 2 aromatic carbocycles. The number of fused-ring (bicyclic) bond motifs is 1. The van der Waals surface area contributed by atoms with E-state index in [0.717, 1.165) is 17.0 Å². The molecule has 0 aliphatic heterocycles. The van der Waals surface area contributed by atoms with E-state index in [9.17, 15) is 4.79 Å². The van der Waals surface area contributed by atoms with Crippen molar-refractivity contribution in [2.24, 2.45) is 0 Å². The topological polar surface area (TPSA) is 65.2 Å². The molecule has 0 saturated heterocycles. The largest absolute Gasteiger partial charge is 0.452 e. The van der Waals surface area contributed by atoms with Crippen molar-refractivity contribution >= 4 is 22.6 Å². The highest BCUT2D eigenvalue weighted by molar-refractivity contribution is 6.30. The molecule has 28 heavy (non-hydrogen) atoms. The van der Waals surface area contributed by atoms with Gasteiger partial charge in [0.1, 0.15) is 5.58 Å². The minimum absolute atomic E-state index is 0.0467. The summed E-state index contributed by atoms with van der Waals surface area (Å²) in [5, 5.41) is 1.03. The third-order valence-electron chi connectivity index (χ3n) is 4.27. The molecule has 0 spiro atoms. The summed E-state index contributed by atoms with van der Waals surface area (Å²) in [4.78, 5) is 21.8. The van der Waals surface area contributed by atoms with Gasteiger partial charge >= 0.3 is 6.01 Å². The van der Waals surface area contributed by atoms with Gasteiger partial charge in [0.2, 0.25) is 11.2 Å². The van der Waals surface area contributed by atoms with Crippen LogP contribution in [-0.2, 0) is 0 Å². The third kappa shape index (κ3) is 3.49. The van der Waals surface area contributed by atoms with Crippen LogP contribution in [0.1, 0.15) is 17.0 Å². The van der Waals surface area contributed by atoms with Crippen LogP contribution in [0.3, 0.4) is 0 Å². The van der Waals surface area contributed by atoms with E-state index in [1.165, 1.54) is 0 Å². The Labute approximate surface area is 166 Å². The summed E-state index contributed by atoms with van der Waals surface area (Å²) in [6.45, 7) is 5.60. The zero-order valence-corrected chi connectivity index (χ0v) is 16.4. The van der Waals surface area contributed by atoms with Gasteiger partial charge in [-0.15, -0.1) is 0 Å². The Kier molecular flexibility index (Phi) is 4.61. The average molecular weight is 393 g/mol. The van der Waals surface area contributed by atoms with Crippen LogP contribution in [0.4, 0.5) is 0 Å². The highest BCUT2D eigenvalue weighted by atomic mass is 35.5. The molecule has 6 heteroatoms. The first-order chi connectivity index (χ1) is 13.4. The molecule has 0 aliphatic rings. The van der Waals surface area contributed by atoms with Crippen molar-refractivity contribution < 1.29 is 9.15 Å². The van der Waals surface area contributed by atoms with Gasteiger partial charge in [-0.25, -0.2) is 9.97 Å². The molecule has 0 bridgehead atoms. The number of halogens is 1. The number of rotatable bonds is 3. The number of hydrogen-bond acceptors (Lipinski definition) is 5. The number of benzene rings is 2. The van der Waals surface area contributed by atoms with Gasteiger partial charge in [0.25, 0.3) is 0 Å². The fourth-order valence-electron chi connectivity index (χ4n) is 3.01. The van der Waals surface area contributed by atoms with Crippen LogP contribution in [0.15, 0.2) is 57.7 Å². The Morgan fingerprint density at radius 3 is 2.29 bits per heavy atom. The lowest BCUT2D eigenvalue weighted by Crippen LogP contribution is -2.09. The molecule has 0 N–H and O–H groups in total. The number of aromatic nitrogens is 2. The van der Waals surface area contributed by atoms with Gasteiger partial charge in [-0.3, -0.25) is 4.79 Å². The average Bonchev–Trinajstić information content (AvgIpc) is 2.64. The molecule has 0 radical (unpaired) electrons. The lowest BCUT2D eigenvalue weighted by molar-refractivity contribution is 0.421. The summed E-state index contributed by atoms with van der Waals surface area (Å²) in [5.74, 6) is 0.353. The molecule has 140 valence electrons. The Balaban J connectivity index is 1.97. The highest BCUT2D eigenvalue weighted by Gasteiger charge is 2.20. The van der Waals surface area contributed by atoms with E-state index in [1.807, 2.05) is 32.9 Å². The fraction of sp³-hybridized carbons (Fsp3) is 0.136. The van der Waals surface area contributed by atoms with E-state index in [0.29, 0.717) is 27.3 Å². The minimum atomic E-state index is -0.280. The maximum Gasteiger partial charge on any atom is 0.322 e. The molecular weight excluding hydrogens is 376 g/mol.